The molecular formula is C12H16O2. The van der Waals surface area contributed by atoms with Gasteiger partial charge in [0, 0.05) is 6.42 Å². The van der Waals surface area contributed by atoms with E-state index in [0.29, 0.717) is 0 Å². The van der Waals surface area contributed by atoms with Crippen LogP contribution in [0.4, 0.5) is 0 Å². The second kappa shape index (κ2) is 4.11. The van der Waals surface area contributed by atoms with Gasteiger partial charge < -0.3 is 9.47 Å². The number of rotatable bonds is 1. The van der Waals surface area contributed by atoms with E-state index in [1.807, 2.05) is 25.1 Å². The molecule has 0 saturated carbocycles. The van der Waals surface area contributed by atoms with Gasteiger partial charge in [-0.2, -0.15) is 0 Å². The minimum atomic E-state index is -0.0936. The quantitative estimate of drug-likeness (QED) is 0.681. The summed E-state index contributed by atoms with van der Waals surface area (Å²) in [5.74, 6) is 0. The van der Waals surface area contributed by atoms with Crippen molar-refractivity contribution in [1.82, 2.24) is 0 Å². The maximum absolute atomic E-state index is 5.72. The molecule has 1 heterocycles. The van der Waals surface area contributed by atoms with Gasteiger partial charge in [-0.3, -0.25) is 0 Å². The zero-order chi connectivity index (χ0) is 9.97. The Bertz CT molecular complexity index is 274. The second-order valence-electron chi connectivity index (χ2n) is 3.79. The van der Waals surface area contributed by atoms with Crippen LogP contribution in [0.2, 0.25) is 0 Å². The molecule has 1 saturated heterocycles. The Morgan fingerprint density at radius 1 is 1.07 bits per heavy atom. The molecule has 2 nitrogen and oxygen atoms in total. The summed E-state index contributed by atoms with van der Waals surface area (Å²) in [7, 11) is 0. The molecule has 0 aliphatic carbocycles. The van der Waals surface area contributed by atoms with E-state index in [4.69, 9.17) is 9.47 Å². The third-order valence-corrected chi connectivity index (χ3v) is 2.50. The number of hydrogen-bond acceptors (Lipinski definition) is 2. The van der Waals surface area contributed by atoms with Gasteiger partial charge >= 0.3 is 0 Å². The zero-order valence-corrected chi connectivity index (χ0v) is 8.64. The van der Waals surface area contributed by atoms with Crippen molar-refractivity contribution < 1.29 is 9.47 Å². The van der Waals surface area contributed by atoms with Gasteiger partial charge in [0.15, 0.2) is 6.29 Å². The monoisotopic (exact) mass is 192 g/mol. The van der Waals surface area contributed by atoms with Crippen LogP contribution in [0.3, 0.4) is 0 Å². The first kappa shape index (κ1) is 9.69. The van der Waals surface area contributed by atoms with Gasteiger partial charge in [-0.1, -0.05) is 30.3 Å². The molecule has 14 heavy (non-hydrogen) atoms. The maximum Gasteiger partial charge on any atom is 0.155 e. The average molecular weight is 192 g/mol. The molecule has 1 aliphatic heterocycles. The fourth-order valence-corrected chi connectivity index (χ4v) is 1.89. The second-order valence-corrected chi connectivity index (χ2v) is 3.79. The molecule has 0 unspecified atom stereocenters. The van der Waals surface area contributed by atoms with E-state index in [0.717, 1.165) is 6.42 Å². The van der Waals surface area contributed by atoms with Crippen molar-refractivity contribution in [3.63, 3.8) is 0 Å². The molecule has 0 N–H and O–H groups in total. The van der Waals surface area contributed by atoms with E-state index in [1.54, 1.807) is 0 Å². The fraction of sp³-hybridized carbons (Fsp3) is 0.500. The Kier molecular flexibility index (Phi) is 2.85. The lowest BCUT2D eigenvalue weighted by molar-refractivity contribution is -0.231. The molecule has 76 valence electrons. The highest BCUT2D eigenvalue weighted by atomic mass is 16.7. The van der Waals surface area contributed by atoms with E-state index in [2.05, 4.69) is 19.1 Å². The highest BCUT2D eigenvalue weighted by Crippen LogP contribution is 2.30. The Balaban J connectivity index is 2.11. The smallest absolute Gasteiger partial charge is 0.155 e. The van der Waals surface area contributed by atoms with Crippen LogP contribution in [0.1, 0.15) is 31.9 Å². The summed E-state index contributed by atoms with van der Waals surface area (Å²) >= 11 is 0. The molecule has 2 heteroatoms. The summed E-state index contributed by atoms with van der Waals surface area (Å²) < 4.78 is 11.2. The molecule has 0 spiro atoms. The summed E-state index contributed by atoms with van der Waals surface area (Å²) in [4.78, 5) is 0. The third kappa shape index (κ3) is 2.14. The lowest BCUT2D eigenvalue weighted by atomic mass is 10.0. The van der Waals surface area contributed by atoms with E-state index in [9.17, 15) is 0 Å². The average Bonchev–Trinajstić information content (AvgIpc) is 2.18. The van der Waals surface area contributed by atoms with Gasteiger partial charge in [0.25, 0.3) is 0 Å². The van der Waals surface area contributed by atoms with Gasteiger partial charge in [-0.05, 0) is 19.4 Å². The summed E-state index contributed by atoms with van der Waals surface area (Å²) in [6.45, 7) is 4.04. The van der Waals surface area contributed by atoms with Crippen molar-refractivity contribution >= 4 is 0 Å². The predicted octanol–water partition coefficient (Wildman–Crippen LogP) is 2.90. The SMILES string of the molecule is C[C@H]1O[C@H](C)C[C@@H](c2ccccc2)O1. The first-order valence-electron chi connectivity index (χ1n) is 5.11. The molecule has 1 aromatic rings. The van der Waals surface area contributed by atoms with Crippen LogP contribution >= 0.6 is 0 Å². The van der Waals surface area contributed by atoms with Crippen molar-refractivity contribution in [3.05, 3.63) is 35.9 Å². The van der Waals surface area contributed by atoms with E-state index >= 15 is 0 Å². The van der Waals surface area contributed by atoms with Gasteiger partial charge in [0.05, 0.1) is 12.2 Å². The van der Waals surface area contributed by atoms with Crippen LogP contribution < -0.4 is 0 Å². The van der Waals surface area contributed by atoms with E-state index in [1.165, 1.54) is 5.56 Å². The van der Waals surface area contributed by atoms with Crippen LogP contribution in [0.15, 0.2) is 30.3 Å². The van der Waals surface area contributed by atoms with Gasteiger partial charge in [-0.25, -0.2) is 0 Å². The molecule has 1 fully saturated rings. The summed E-state index contributed by atoms with van der Waals surface area (Å²) in [6.07, 6.45) is 1.32. The lowest BCUT2D eigenvalue weighted by Gasteiger charge is -2.32. The van der Waals surface area contributed by atoms with E-state index < -0.39 is 0 Å². The topological polar surface area (TPSA) is 18.5 Å². The van der Waals surface area contributed by atoms with Crippen LogP contribution in [0.5, 0.6) is 0 Å². The standard InChI is InChI=1S/C12H16O2/c1-9-8-12(14-10(2)13-9)11-6-4-3-5-7-11/h3-7,9-10,12H,8H2,1-2H3/t9-,10+,12+/m1/s1. The molecule has 0 amide bonds. The molecule has 0 aromatic heterocycles. The molecule has 1 aliphatic rings. The molecule has 0 bridgehead atoms. The van der Waals surface area contributed by atoms with Crippen molar-refractivity contribution in [3.8, 4) is 0 Å². The predicted molar refractivity (Wildman–Crippen MR) is 54.9 cm³/mol. The molecular weight excluding hydrogens is 176 g/mol. The highest BCUT2D eigenvalue weighted by Gasteiger charge is 2.25. The Morgan fingerprint density at radius 3 is 2.43 bits per heavy atom. The van der Waals surface area contributed by atoms with Crippen LogP contribution in [0, 0.1) is 0 Å². The first-order chi connectivity index (χ1) is 6.75. The third-order valence-electron chi connectivity index (χ3n) is 2.50. The van der Waals surface area contributed by atoms with Crippen molar-refractivity contribution in [2.45, 2.75) is 38.8 Å². The Labute approximate surface area is 84.8 Å². The van der Waals surface area contributed by atoms with Crippen LogP contribution in [0.25, 0.3) is 0 Å². The Hall–Kier alpha value is -0.860. The summed E-state index contributed by atoms with van der Waals surface area (Å²) in [5.41, 5.74) is 1.24. The normalized spacial score (nSPS) is 32.9. The van der Waals surface area contributed by atoms with Gasteiger partial charge in [-0.15, -0.1) is 0 Å². The van der Waals surface area contributed by atoms with Crippen molar-refractivity contribution in [1.29, 1.82) is 0 Å². The largest absolute Gasteiger partial charge is 0.350 e. The first-order valence-corrected chi connectivity index (χ1v) is 5.11. The molecule has 2 rings (SSSR count). The van der Waals surface area contributed by atoms with Crippen molar-refractivity contribution in [2.75, 3.05) is 0 Å². The Morgan fingerprint density at radius 2 is 1.79 bits per heavy atom. The zero-order valence-electron chi connectivity index (χ0n) is 8.64. The van der Waals surface area contributed by atoms with Gasteiger partial charge in [0.1, 0.15) is 0 Å². The molecule has 0 radical (unpaired) electrons. The van der Waals surface area contributed by atoms with Crippen LogP contribution in [-0.2, 0) is 9.47 Å². The molecule has 1 aromatic carbocycles. The maximum atomic E-state index is 5.72. The minimum absolute atomic E-state index is 0.0936. The summed E-state index contributed by atoms with van der Waals surface area (Å²) in [5, 5.41) is 0. The lowest BCUT2D eigenvalue weighted by Crippen LogP contribution is -2.30. The molecule has 3 atom stereocenters. The minimum Gasteiger partial charge on any atom is -0.350 e. The van der Waals surface area contributed by atoms with E-state index in [-0.39, 0.29) is 18.5 Å². The number of benzene rings is 1. The summed E-state index contributed by atoms with van der Waals surface area (Å²) in [6, 6.07) is 10.3. The van der Waals surface area contributed by atoms with Crippen molar-refractivity contribution in [2.24, 2.45) is 0 Å². The number of hydrogen-bond donors (Lipinski definition) is 0. The number of ether oxygens (including phenoxy) is 2. The highest BCUT2D eigenvalue weighted by molar-refractivity contribution is 5.17. The van der Waals surface area contributed by atoms with Gasteiger partial charge in [0.2, 0.25) is 0 Å². The fourth-order valence-electron chi connectivity index (χ4n) is 1.89. The van der Waals surface area contributed by atoms with Crippen LogP contribution in [-0.4, -0.2) is 12.4 Å².